The lowest BCUT2D eigenvalue weighted by Crippen LogP contribution is -2.06. The summed E-state index contributed by atoms with van der Waals surface area (Å²) >= 11 is 0. The summed E-state index contributed by atoms with van der Waals surface area (Å²) in [5.74, 6) is -2.37. The van der Waals surface area contributed by atoms with Crippen LogP contribution in [-0.2, 0) is 15.7 Å². The van der Waals surface area contributed by atoms with Gasteiger partial charge >= 0.3 is 11.9 Å². The Morgan fingerprint density at radius 3 is 2.24 bits per heavy atom. The third-order valence-electron chi connectivity index (χ3n) is 1.75. The molecule has 1 rings (SSSR count). The van der Waals surface area contributed by atoms with E-state index < -0.39 is 22.9 Å². The molecule has 92 valence electrons. The first-order valence-corrected chi connectivity index (χ1v) is 5.32. The van der Waals surface area contributed by atoms with Gasteiger partial charge in [-0.15, -0.1) is 0 Å². The fourth-order valence-corrected chi connectivity index (χ4v) is 1.37. The first-order chi connectivity index (χ1) is 7.93. The van der Waals surface area contributed by atoms with Crippen LogP contribution in [0.3, 0.4) is 0 Å². The van der Waals surface area contributed by atoms with Crippen LogP contribution < -0.4 is 4.18 Å². The molecule has 0 amide bonds. The number of carbonyl (C=O) groups is 2. The predicted molar refractivity (Wildman–Crippen MR) is 55.7 cm³/mol. The Bertz CT molecular complexity index is 524. The van der Waals surface area contributed by atoms with E-state index >= 15 is 0 Å². The number of hydrogen-bond donors (Lipinski definition) is 2. The zero-order valence-electron chi connectivity index (χ0n) is 8.58. The summed E-state index contributed by atoms with van der Waals surface area (Å²) in [6, 6.07) is 3.11. The quantitative estimate of drug-likeness (QED) is 0.583. The van der Waals surface area contributed by atoms with Crippen molar-refractivity contribution in [3.05, 3.63) is 29.3 Å². The molecule has 0 fully saturated rings. The van der Waals surface area contributed by atoms with Gasteiger partial charge in [0, 0.05) is 0 Å². The van der Waals surface area contributed by atoms with Crippen LogP contribution in [0.25, 0.3) is 0 Å². The van der Waals surface area contributed by atoms with Gasteiger partial charge < -0.3 is 14.0 Å². The maximum Gasteiger partial charge on any atom is 0.338 e. The minimum absolute atomic E-state index is 0.112. The lowest BCUT2D eigenvalue weighted by molar-refractivity contribution is 0.0600. The van der Waals surface area contributed by atoms with Crippen LogP contribution in [0, 0.1) is 0 Å². The molecule has 0 saturated heterocycles. The topological polar surface area (TPSA) is 107 Å². The van der Waals surface area contributed by atoms with Crippen molar-refractivity contribution in [3.8, 4) is 5.75 Å². The standard InChI is InChI=1S/C9H8O7S/c1-15-9(12)6-2-5(8(10)11)3-7(4-6)16-17(13)14/h2-4,17H,1H3,(H,10,11). The van der Waals surface area contributed by atoms with Crippen LogP contribution in [0.5, 0.6) is 5.75 Å². The van der Waals surface area contributed by atoms with Crippen LogP contribution in [-0.4, -0.2) is 32.6 Å². The van der Waals surface area contributed by atoms with E-state index in [4.69, 9.17) is 5.11 Å². The van der Waals surface area contributed by atoms with E-state index in [1.807, 2.05) is 0 Å². The third kappa shape index (κ3) is 3.45. The van der Waals surface area contributed by atoms with Gasteiger partial charge in [0.05, 0.1) is 18.2 Å². The van der Waals surface area contributed by atoms with Crippen LogP contribution in [0.2, 0.25) is 0 Å². The molecule has 1 aromatic carbocycles. The Kier molecular flexibility index (Phi) is 4.05. The molecule has 0 saturated carbocycles. The average Bonchev–Trinajstić information content (AvgIpc) is 2.26. The molecule has 7 nitrogen and oxygen atoms in total. The van der Waals surface area contributed by atoms with Crippen molar-refractivity contribution in [1.82, 2.24) is 0 Å². The highest BCUT2D eigenvalue weighted by Gasteiger charge is 2.13. The van der Waals surface area contributed by atoms with E-state index in [9.17, 15) is 18.0 Å². The molecule has 0 unspecified atom stereocenters. The zero-order chi connectivity index (χ0) is 13.0. The lowest BCUT2D eigenvalue weighted by atomic mass is 10.1. The third-order valence-corrected chi connectivity index (χ3v) is 2.11. The molecule has 0 aliphatic heterocycles. The molecule has 1 N–H and O–H groups in total. The van der Waals surface area contributed by atoms with E-state index in [-0.39, 0.29) is 16.9 Å². The highest BCUT2D eigenvalue weighted by Crippen LogP contribution is 2.18. The second kappa shape index (κ2) is 5.30. The molecule has 0 aliphatic rings. The number of rotatable bonds is 4. The highest BCUT2D eigenvalue weighted by molar-refractivity contribution is 7.67. The molecule has 1 aromatic rings. The van der Waals surface area contributed by atoms with Crippen molar-refractivity contribution in [2.75, 3.05) is 7.11 Å². The van der Waals surface area contributed by atoms with E-state index in [0.717, 1.165) is 25.3 Å². The Morgan fingerprint density at radius 1 is 1.18 bits per heavy atom. The summed E-state index contributed by atoms with van der Waals surface area (Å²) in [5.41, 5.74) is -0.390. The number of methoxy groups -OCH3 is 1. The largest absolute Gasteiger partial charge is 0.478 e. The van der Waals surface area contributed by atoms with Crippen LogP contribution in [0.4, 0.5) is 0 Å². The number of carboxylic acid groups (broad SMARTS) is 1. The molecule has 0 aromatic heterocycles. The monoisotopic (exact) mass is 260 g/mol. The van der Waals surface area contributed by atoms with Crippen molar-refractivity contribution < 1.29 is 32.0 Å². The number of hydrogen-bond acceptors (Lipinski definition) is 6. The molecule has 0 radical (unpaired) electrons. The van der Waals surface area contributed by atoms with Gasteiger partial charge in [0.2, 0.25) is 0 Å². The lowest BCUT2D eigenvalue weighted by Gasteiger charge is -2.04. The van der Waals surface area contributed by atoms with Crippen LogP contribution >= 0.6 is 0 Å². The molecule has 8 heteroatoms. The number of ether oxygens (including phenoxy) is 1. The Morgan fingerprint density at radius 2 is 1.76 bits per heavy atom. The molecule has 0 heterocycles. The van der Waals surface area contributed by atoms with Crippen LogP contribution in [0.1, 0.15) is 20.7 Å². The molecule has 0 bridgehead atoms. The van der Waals surface area contributed by atoms with Gasteiger partial charge in [-0.05, 0) is 18.2 Å². The Labute approximate surface area is 97.7 Å². The van der Waals surface area contributed by atoms with Gasteiger partial charge in [-0.25, -0.2) is 9.59 Å². The number of esters is 1. The first-order valence-electron chi connectivity index (χ1n) is 4.23. The number of carbonyl (C=O) groups excluding carboxylic acids is 1. The van der Waals surface area contributed by atoms with Crippen molar-refractivity contribution in [2.24, 2.45) is 0 Å². The van der Waals surface area contributed by atoms with E-state index in [1.165, 1.54) is 0 Å². The fraction of sp³-hybridized carbons (Fsp3) is 0.111. The van der Waals surface area contributed by atoms with E-state index in [1.54, 1.807) is 0 Å². The van der Waals surface area contributed by atoms with Gasteiger partial charge in [-0.3, -0.25) is 0 Å². The number of carboxylic acids is 1. The predicted octanol–water partition coefficient (Wildman–Crippen LogP) is 0.0766. The molecule has 0 aliphatic carbocycles. The molecule has 0 spiro atoms. The Hall–Kier alpha value is -2.09. The smallest absolute Gasteiger partial charge is 0.338 e. The van der Waals surface area contributed by atoms with Gasteiger partial charge in [0.15, 0.2) is 0 Å². The normalized spacial score (nSPS) is 10.0. The van der Waals surface area contributed by atoms with E-state index in [0.29, 0.717) is 0 Å². The van der Waals surface area contributed by atoms with Crippen molar-refractivity contribution in [3.63, 3.8) is 0 Å². The summed E-state index contributed by atoms with van der Waals surface area (Å²) in [4.78, 5) is 21.9. The summed E-state index contributed by atoms with van der Waals surface area (Å²) in [7, 11) is -2.07. The fourth-order valence-electron chi connectivity index (χ4n) is 1.10. The SMILES string of the molecule is COC(=O)c1cc(O[SH](=O)=O)cc(C(=O)O)c1. The molecular formula is C9H8O7S. The average molecular weight is 260 g/mol. The summed E-state index contributed by atoms with van der Waals surface area (Å²) in [6.07, 6.45) is 0. The second-order valence-corrected chi connectivity index (χ2v) is 3.49. The summed E-state index contributed by atoms with van der Waals surface area (Å²) in [5, 5.41) is 8.76. The minimum atomic E-state index is -3.19. The highest BCUT2D eigenvalue weighted by atomic mass is 32.2. The van der Waals surface area contributed by atoms with Gasteiger partial charge in [0.25, 0.3) is 11.0 Å². The number of thiol groups is 1. The molecule has 0 atom stereocenters. The molecular weight excluding hydrogens is 252 g/mol. The van der Waals surface area contributed by atoms with Crippen molar-refractivity contribution >= 4 is 22.9 Å². The summed E-state index contributed by atoms with van der Waals surface area (Å²) in [6.45, 7) is 0. The Balaban J connectivity index is 3.27. The maximum absolute atomic E-state index is 11.2. The zero-order valence-corrected chi connectivity index (χ0v) is 9.47. The van der Waals surface area contributed by atoms with Crippen molar-refractivity contribution in [2.45, 2.75) is 0 Å². The minimum Gasteiger partial charge on any atom is -0.478 e. The maximum atomic E-state index is 11.2. The number of benzene rings is 1. The number of aromatic carboxylic acids is 1. The second-order valence-electron chi connectivity index (χ2n) is 2.86. The van der Waals surface area contributed by atoms with Crippen molar-refractivity contribution in [1.29, 1.82) is 0 Å². The summed E-state index contributed by atoms with van der Waals surface area (Å²) < 4.78 is 29.4. The van der Waals surface area contributed by atoms with Crippen LogP contribution in [0.15, 0.2) is 18.2 Å². The molecule has 17 heavy (non-hydrogen) atoms. The van der Waals surface area contributed by atoms with Gasteiger partial charge in [-0.1, -0.05) is 0 Å². The van der Waals surface area contributed by atoms with E-state index in [2.05, 4.69) is 8.92 Å². The van der Waals surface area contributed by atoms with Gasteiger partial charge in [-0.2, -0.15) is 8.42 Å². The van der Waals surface area contributed by atoms with Gasteiger partial charge in [0.1, 0.15) is 5.75 Å². The first kappa shape index (κ1) is 13.0.